The monoisotopic (exact) mass is 276 g/mol. The van der Waals surface area contributed by atoms with Crippen molar-refractivity contribution < 1.29 is 39.6 Å². The van der Waals surface area contributed by atoms with Crippen LogP contribution in [0.2, 0.25) is 0 Å². The first-order chi connectivity index (χ1) is 8.41. The van der Waals surface area contributed by atoms with E-state index >= 15 is 0 Å². The molecule has 0 bridgehead atoms. The number of carboxylic acids is 4. The first-order valence-electron chi connectivity index (χ1n) is 4.63. The Kier molecular flexibility index (Phi) is 13.5. The van der Waals surface area contributed by atoms with Gasteiger partial charge in [-0.3, -0.25) is 9.59 Å². The van der Waals surface area contributed by atoms with Crippen LogP contribution < -0.4 is 0 Å². The van der Waals surface area contributed by atoms with Gasteiger partial charge in [-0.1, -0.05) is 13.2 Å². The fourth-order valence-electron chi connectivity index (χ4n) is 0.129. The maximum absolute atomic E-state index is 9.60. The van der Waals surface area contributed by atoms with Gasteiger partial charge in [0.25, 0.3) is 0 Å². The van der Waals surface area contributed by atoms with E-state index in [0.29, 0.717) is 0 Å². The molecule has 0 heterocycles. The molecule has 0 aromatic rings. The van der Waals surface area contributed by atoms with Gasteiger partial charge >= 0.3 is 23.9 Å². The Hall–Kier alpha value is -2.64. The molecule has 0 saturated carbocycles. The minimum absolute atomic E-state index is 0.176. The quantitative estimate of drug-likeness (QED) is 0.435. The molecule has 4 N–H and O–H groups in total. The van der Waals surface area contributed by atoms with Gasteiger partial charge < -0.3 is 20.4 Å². The van der Waals surface area contributed by atoms with E-state index < -0.39 is 30.3 Å². The summed E-state index contributed by atoms with van der Waals surface area (Å²) in [6, 6.07) is 0. The largest absolute Gasteiger partial charge is 0.481 e. The average molecular weight is 276 g/mol. The van der Waals surface area contributed by atoms with Crippen LogP contribution in [0.4, 0.5) is 0 Å². The van der Waals surface area contributed by atoms with Crippen LogP contribution in [-0.2, 0) is 19.2 Å². The van der Waals surface area contributed by atoms with E-state index in [9.17, 15) is 19.2 Å². The molecule has 0 aliphatic rings. The van der Waals surface area contributed by atoms with Gasteiger partial charge in [-0.25, -0.2) is 9.59 Å². The van der Waals surface area contributed by atoms with Crippen molar-refractivity contribution in [3.63, 3.8) is 0 Å². The Labute approximate surface area is 109 Å². The molecule has 0 radical (unpaired) electrons. The zero-order chi connectivity index (χ0) is 16.2. The minimum Gasteiger partial charge on any atom is -0.481 e. The smallest absolute Gasteiger partial charge is 0.330 e. The van der Waals surface area contributed by atoms with Crippen molar-refractivity contribution in [2.24, 2.45) is 0 Å². The third-order valence-corrected chi connectivity index (χ3v) is 1.03. The van der Waals surface area contributed by atoms with Crippen LogP contribution in [0.5, 0.6) is 0 Å². The SMILES string of the molecule is C=C(C)C(=O)O.C=C(C)C(=O)O.O=C(O)CC(=O)O. The Balaban J connectivity index is -0.000000203. The molecule has 0 unspecified atom stereocenters. The summed E-state index contributed by atoms with van der Waals surface area (Å²) in [5.41, 5.74) is 0.352. The predicted molar refractivity (Wildman–Crippen MR) is 64.8 cm³/mol. The third-order valence-electron chi connectivity index (χ3n) is 1.03. The second kappa shape index (κ2) is 11.8. The van der Waals surface area contributed by atoms with Crippen molar-refractivity contribution in [3.05, 3.63) is 24.3 Å². The van der Waals surface area contributed by atoms with Crippen molar-refractivity contribution in [1.82, 2.24) is 0 Å². The normalized spacial score (nSPS) is 7.68. The Morgan fingerprint density at radius 3 is 0.895 bits per heavy atom. The van der Waals surface area contributed by atoms with E-state index in [-0.39, 0.29) is 11.1 Å². The Bertz CT molecular complexity index is 320. The molecule has 8 heteroatoms. The Morgan fingerprint density at radius 1 is 0.737 bits per heavy atom. The third kappa shape index (κ3) is 31.3. The van der Waals surface area contributed by atoms with E-state index in [0.717, 1.165) is 0 Å². The van der Waals surface area contributed by atoms with Crippen molar-refractivity contribution in [3.8, 4) is 0 Å². The molecule has 0 amide bonds. The molecule has 0 rings (SSSR count). The first-order valence-corrected chi connectivity index (χ1v) is 4.63. The van der Waals surface area contributed by atoms with Crippen LogP contribution in [0.15, 0.2) is 24.3 Å². The molecule has 0 aromatic carbocycles. The van der Waals surface area contributed by atoms with E-state index in [4.69, 9.17) is 20.4 Å². The molecule has 0 fully saturated rings. The van der Waals surface area contributed by atoms with Gasteiger partial charge in [0.05, 0.1) is 0 Å². The number of aliphatic carboxylic acids is 4. The summed E-state index contributed by atoms with van der Waals surface area (Å²) in [7, 11) is 0. The van der Waals surface area contributed by atoms with E-state index in [1.165, 1.54) is 13.8 Å². The summed E-state index contributed by atoms with van der Waals surface area (Å²) in [5, 5.41) is 31.2. The molecule has 8 nitrogen and oxygen atoms in total. The standard InChI is InChI=1S/2C4H6O2.C3H4O4/c2*1-3(2)4(5)6;4-2(5)1-3(6)7/h2*1H2,2H3,(H,5,6);1H2,(H,4,5)(H,6,7). The topological polar surface area (TPSA) is 149 Å². The average Bonchev–Trinajstić information content (AvgIpc) is 2.16. The summed E-state index contributed by atoms with van der Waals surface area (Å²) in [6.45, 7) is 9.20. The lowest BCUT2D eigenvalue weighted by Gasteiger charge is -1.80. The lowest BCUT2D eigenvalue weighted by Crippen LogP contribution is -2.03. The molecule has 0 aliphatic heterocycles. The number of rotatable bonds is 4. The van der Waals surface area contributed by atoms with Gasteiger partial charge in [0.2, 0.25) is 0 Å². The molecule has 108 valence electrons. The molecule has 0 spiro atoms. The van der Waals surface area contributed by atoms with Crippen LogP contribution in [0.1, 0.15) is 20.3 Å². The van der Waals surface area contributed by atoms with Crippen LogP contribution in [0, 0.1) is 0 Å². The summed E-state index contributed by atoms with van der Waals surface area (Å²) >= 11 is 0. The van der Waals surface area contributed by atoms with Gasteiger partial charge in [0.1, 0.15) is 6.42 Å². The first kappa shape index (κ1) is 21.6. The molecule has 0 aliphatic carbocycles. The van der Waals surface area contributed by atoms with Crippen LogP contribution >= 0.6 is 0 Å². The van der Waals surface area contributed by atoms with Gasteiger partial charge in [0, 0.05) is 11.1 Å². The number of carboxylic acid groups (broad SMARTS) is 4. The van der Waals surface area contributed by atoms with Crippen LogP contribution in [-0.4, -0.2) is 44.3 Å². The maximum atomic E-state index is 9.60. The summed E-state index contributed by atoms with van der Waals surface area (Å²) < 4.78 is 0. The number of hydrogen-bond donors (Lipinski definition) is 4. The Morgan fingerprint density at radius 2 is 0.895 bits per heavy atom. The lowest BCUT2D eigenvalue weighted by atomic mass is 10.4. The second-order valence-corrected chi connectivity index (χ2v) is 3.14. The van der Waals surface area contributed by atoms with E-state index in [2.05, 4.69) is 13.2 Å². The highest BCUT2D eigenvalue weighted by Crippen LogP contribution is 1.81. The van der Waals surface area contributed by atoms with Gasteiger partial charge in [-0.15, -0.1) is 0 Å². The van der Waals surface area contributed by atoms with Crippen molar-refractivity contribution in [2.45, 2.75) is 20.3 Å². The van der Waals surface area contributed by atoms with Crippen molar-refractivity contribution in [2.75, 3.05) is 0 Å². The van der Waals surface area contributed by atoms with Gasteiger partial charge in [0.15, 0.2) is 0 Å². The molecular weight excluding hydrogens is 260 g/mol. The zero-order valence-electron chi connectivity index (χ0n) is 10.5. The maximum Gasteiger partial charge on any atom is 0.330 e. The molecule has 19 heavy (non-hydrogen) atoms. The molecule has 0 aromatic heterocycles. The lowest BCUT2D eigenvalue weighted by molar-refractivity contribution is -0.147. The highest BCUT2D eigenvalue weighted by Gasteiger charge is 2.01. The fraction of sp³-hybridized carbons (Fsp3) is 0.273. The summed E-state index contributed by atoms with van der Waals surface area (Å²) in [5.74, 6) is -4.50. The van der Waals surface area contributed by atoms with Gasteiger partial charge in [-0.2, -0.15) is 0 Å². The fourth-order valence-corrected chi connectivity index (χ4v) is 0.129. The zero-order valence-corrected chi connectivity index (χ0v) is 10.5. The second-order valence-electron chi connectivity index (χ2n) is 3.14. The molecular formula is C11H16O8. The van der Waals surface area contributed by atoms with Crippen LogP contribution in [0.3, 0.4) is 0 Å². The van der Waals surface area contributed by atoms with Crippen molar-refractivity contribution >= 4 is 23.9 Å². The van der Waals surface area contributed by atoms with Crippen molar-refractivity contribution in [1.29, 1.82) is 0 Å². The highest BCUT2D eigenvalue weighted by molar-refractivity contribution is 5.88. The minimum atomic E-state index is -1.31. The van der Waals surface area contributed by atoms with E-state index in [1.807, 2.05) is 0 Å². The van der Waals surface area contributed by atoms with Gasteiger partial charge in [-0.05, 0) is 13.8 Å². The van der Waals surface area contributed by atoms with Crippen LogP contribution in [0.25, 0.3) is 0 Å². The summed E-state index contributed by atoms with van der Waals surface area (Å²) in [4.78, 5) is 38.1. The van der Waals surface area contributed by atoms with E-state index in [1.54, 1.807) is 0 Å². The highest BCUT2D eigenvalue weighted by atomic mass is 16.4. The molecule has 0 saturated heterocycles. The summed E-state index contributed by atoms with van der Waals surface area (Å²) in [6.07, 6.45) is -0.806. The molecule has 0 atom stereocenters. The number of carbonyl (C=O) groups is 4. The number of hydrogen-bond acceptors (Lipinski definition) is 4. The predicted octanol–water partition coefficient (Wildman–Crippen LogP) is 0.840.